The molecule has 5 heteroatoms. The molecule has 1 aromatic rings. The van der Waals surface area contributed by atoms with Gasteiger partial charge in [-0.3, -0.25) is 0 Å². The molecule has 74 valence electrons. The van der Waals surface area contributed by atoms with Crippen molar-refractivity contribution in [1.82, 2.24) is 9.97 Å². The Morgan fingerprint density at radius 3 is 2.93 bits per heavy atom. The fraction of sp³-hybridized carbons (Fsp3) is 0.444. The van der Waals surface area contributed by atoms with E-state index in [0.29, 0.717) is 12.4 Å². The van der Waals surface area contributed by atoms with Crippen LogP contribution < -0.4 is 5.32 Å². The molecule has 0 aromatic carbocycles. The average molecular weight is 192 g/mol. The number of anilines is 1. The van der Waals surface area contributed by atoms with E-state index in [-0.39, 0.29) is 18.2 Å². The van der Waals surface area contributed by atoms with Crippen molar-refractivity contribution in [2.75, 3.05) is 18.5 Å². The van der Waals surface area contributed by atoms with Crippen LogP contribution in [0.25, 0.3) is 0 Å². The van der Waals surface area contributed by atoms with Crippen LogP contribution in [0.3, 0.4) is 0 Å². The number of aliphatic hydroxyl groups excluding tert-OH is 1. The van der Waals surface area contributed by atoms with Gasteiger partial charge in [0.15, 0.2) is 11.5 Å². The second-order valence-corrected chi connectivity index (χ2v) is 3.03. The highest BCUT2D eigenvalue weighted by Gasteiger charge is 2.05. The van der Waals surface area contributed by atoms with Crippen molar-refractivity contribution >= 4 is 5.82 Å². The predicted octanol–water partition coefficient (Wildman–Crippen LogP) is 0.389. The molecule has 0 aliphatic rings. The Kier molecular flexibility index (Phi) is 3.83. The van der Waals surface area contributed by atoms with Crippen molar-refractivity contribution in [3.8, 4) is 6.07 Å². The van der Waals surface area contributed by atoms with Gasteiger partial charge in [-0.2, -0.15) is 5.26 Å². The maximum absolute atomic E-state index is 8.80. The summed E-state index contributed by atoms with van der Waals surface area (Å²) in [6.45, 7) is 2.58. The van der Waals surface area contributed by atoms with Gasteiger partial charge in [-0.15, -0.1) is 0 Å². The van der Waals surface area contributed by atoms with Gasteiger partial charge in [0.05, 0.1) is 0 Å². The second kappa shape index (κ2) is 5.14. The molecule has 1 atom stereocenters. The van der Waals surface area contributed by atoms with Gasteiger partial charge in [-0.05, 0) is 5.92 Å². The summed E-state index contributed by atoms with van der Waals surface area (Å²) in [5, 5.41) is 20.5. The van der Waals surface area contributed by atoms with Crippen molar-refractivity contribution < 1.29 is 5.11 Å². The summed E-state index contributed by atoms with van der Waals surface area (Å²) in [4.78, 5) is 7.83. The van der Waals surface area contributed by atoms with Crippen LogP contribution in [0.2, 0.25) is 0 Å². The van der Waals surface area contributed by atoms with Crippen LogP contribution in [0.15, 0.2) is 12.4 Å². The van der Waals surface area contributed by atoms with Crippen LogP contribution in [-0.4, -0.2) is 28.2 Å². The third kappa shape index (κ3) is 2.68. The zero-order chi connectivity index (χ0) is 10.4. The number of hydrogen-bond acceptors (Lipinski definition) is 5. The van der Waals surface area contributed by atoms with Crippen LogP contribution in [0.4, 0.5) is 5.82 Å². The maximum Gasteiger partial charge on any atom is 0.182 e. The molecule has 5 nitrogen and oxygen atoms in total. The van der Waals surface area contributed by atoms with E-state index in [1.54, 1.807) is 0 Å². The smallest absolute Gasteiger partial charge is 0.182 e. The standard InChI is InChI=1S/C9H12N4O/c1-7(6-14)5-13-9-8(4-10)11-2-3-12-9/h2-3,7,14H,5-6H2,1H3,(H,12,13). The zero-order valence-corrected chi connectivity index (χ0v) is 7.94. The lowest BCUT2D eigenvalue weighted by molar-refractivity contribution is 0.244. The molecule has 1 heterocycles. The summed E-state index contributed by atoms with van der Waals surface area (Å²) in [5.41, 5.74) is 0.276. The van der Waals surface area contributed by atoms with Crippen molar-refractivity contribution in [2.45, 2.75) is 6.92 Å². The van der Waals surface area contributed by atoms with E-state index in [1.165, 1.54) is 12.4 Å². The molecule has 1 unspecified atom stereocenters. The summed E-state index contributed by atoms with van der Waals surface area (Å²) in [6, 6.07) is 1.94. The topological polar surface area (TPSA) is 81.8 Å². The van der Waals surface area contributed by atoms with Crippen molar-refractivity contribution in [3.05, 3.63) is 18.1 Å². The maximum atomic E-state index is 8.80. The van der Waals surface area contributed by atoms with E-state index in [9.17, 15) is 0 Å². The summed E-state index contributed by atoms with van der Waals surface area (Å²) < 4.78 is 0. The van der Waals surface area contributed by atoms with Crippen LogP contribution in [0.5, 0.6) is 0 Å². The number of aromatic nitrogens is 2. The molecule has 0 spiro atoms. The lowest BCUT2D eigenvalue weighted by atomic mass is 10.2. The third-order valence-electron chi connectivity index (χ3n) is 1.73. The minimum atomic E-state index is 0.106. The number of aliphatic hydroxyl groups is 1. The molecule has 0 amide bonds. The highest BCUT2D eigenvalue weighted by molar-refractivity contribution is 5.46. The van der Waals surface area contributed by atoms with E-state index in [4.69, 9.17) is 10.4 Å². The van der Waals surface area contributed by atoms with Crippen molar-refractivity contribution in [3.63, 3.8) is 0 Å². The second-order valence-electron chi connectivity index (χ2n) is 3.03. The Morgan fingerprint density at radius 2 is 2.29 bits per heavy atom. The lowest BCUT2D eigenvalue weighted by Crippen LogP contribution is -2.16. The quantitative estimate of drug-likeness (QED) is 0.721. The number of nitriles is 1. The number of nitrogens with zero attached hydrogens (tertiary/aromatic N) is 3. The van der Waals surface area contributed by atoms with Crippen molar-refractivity contribution in [1.29, 1.82) is 5.26 Å². The molecule has 1 aromatic heterocycles. The van der Waals surface area contributed by atoms with Crippen LogP contribution >= 0.6 is 0 Å². The monoisotopic (exact) mass is 192 g/mol. The summed E-state index contributed by atoms with van der Waals surface area (Å²) in [6.07, 6.45) is 2.99. The van der Waals surface area contributed by atoms with Gasteiger partial charge in [0, 0.05) is 25.5 Å². The van der Waals surface area contributed by atoms with E-state index >= 15 is 0 Å². The number of rotatable bonds is 4. The Balaban J connectivity index is 2.63. The SMILES string of the molecule is CC(CO)CNc1nccnc1C#N. The highest BCUT2D eigenvalue weighted by atomic mass is 16.3. The van der Waals surface area contributed by atoms with E-state index in [0.717, 1.165) is 0 Å². The predicted molar refractivity (Wildman–Crippen MR) is 51.5 cm³/mol. The Hall–Kier alpha value is -1.67. The van der Waals surface area contributed by atoms with Crippen molar-refractivity contribution in [2.24, 2.45) is 5.92 Å². The van der Waals surface area contributed by atoms with E-state index in [1.807, 2.05) is 13.0 Å². The fourth-order valence-corrected chi connectivity index (χ4v) is 0.885. The van der Waals surface area contributed by atoms with Crippen LogP contribution in [0, 0.1) is 17.2 Å². The van der Waals surface area contributed by atoms with Gasteiger partial charge in [0.2, 0.25) is 0 Å². The Labute approximate surface area is 82.4 Å². The summed E-state index contributed by atoms with van der Waals surface area (Å²) in [7, 11) is 0. The molecule has 0 saturated heterocycles. The van der Waals surface area contributed by atoms with Gasteiger partial charge in [-0.25, -0.2) is 9.97 Å². The minimum absolute atomic E-state index is 0.106. The third-order valence-corrected chi connectivity index (χ3v) is 1.73. The lowest BCUT2D eigenvalue weighted by Gasteiger charge is -2.09. The molecule has 0 bridgehead atoms. The fourth-order valence-electron chi connectivity index (χ4n) is 0.885. The first-order chi connectivity index (χ1) is 6.77. The normalized spacial score (nSPS) is 11.8. The molecular formula is C9H12N4O. The number of nitrogens with one attached hydrogen (secondary N) is 1. The van der Waals surface area contributed by atoms with Gasteiger partial charge in [0.25, 0.3) is 0 Å². The summed E-state index contributed by atoms with van der Waals surface area (Å²) >= 11 is 0. The molecule has 2 N–H and O–H groups in total. The molecule has 0 aliphatic heterocycles. The Morgan fingerprint density at radius 1 is 1.57 bits per heavy atom. The molecule has 0 fully saturated rings. The average Bonchev–Trinajstić information content (AvgIpc) is 2.26. The first-order valence-corrected chi connectivity index (χ1v) is 4.33. The van der Waals surface area contributed by atoms with Gasteiger partial charge < -0.3 is 10.4 Å². The zero-order valence-electron chi connectivity index (χ0n) is 7.94. The Bertz CT molecular complexity index is 334. The van der Waals surface area contributed by atoms with E-state index < -0.39 is 0 Å². The molecule has 1 rings (SSSR count). The van der Waals surface area contributed by atoms with Gasteiger partial charge in [-0.1, -0.05) is 6.92 Å². The van der Waals surface area contributed by atoms with Gasteiger partial charge in [0.1, 0.15) is 6.07 Å². The molecule has 0 radical (unpaired) electrons. The molecular weight excluding hydrogens is 180 g/mol. The largest absolute Gasteiger partial charge is 0.396 e. The molecule has 0 aliphatic carbocycles. The summed E-state index contributed by atoms with van der Waals surface area (Å²) in [5.74, 6) is 0.596. The minimum Gasteiger partial charge on any atom is -0.396 e. The first kappa shape index (κ1) is 10.4. The van der Waals surface area contributed by atoms with Gasteiger partial charge >= 0.3 is 0 Å². The number of hydrogen-bond donors (Lipinski definition) is 2. The molecule has 0 saturated carbocycles. The first-order valence-electron chi connectivity index (χ1n) is 4.33. The van der Waals surface area contributed by atoms with E-state index in [2.05, 4.69) is 15.3 Å². The molecule has 14 heavy (non-hydrogen) atoms. The van der Waals surface area contributed by atoms with Crippen LogP contribution in [-0.2, 0) is 0 Å². The highest BCUT2D eigenvalue weighted by Crippen LogP contribution is 2.06. The van der Waals surface area contributed by atoms with Crippen LogP contribution in [0.1, 0.15) is 12.6 Å².